The Kier molecular flexibility index (Phi) is 6.21. The molecule has 0 aliphatic rings. The van der Waals surface area contributed by atoms with Crippen molar-refractivity contribution in [2.45, 2.75) is 19.8 Å². The lowest BCUT2D eigenvalue weighted by molar-refractivity contribution is -0.137. The number of urea groups is 1. The molecule has 6 nitrogen and oxygen atoms in total. The molecule has 19 heavy (non-hydrogen) atoms. The summed E-state index contributed by atoms with van der Waals surface area (Å²) in [6, 6.07) is 7.10. The summed E-state index contributed by atoms with van der Waals surface area (Å²) in [5.74, 6) is -0.193. The van der Waals surface area contributed by atoms with Gasteiger partial charge >= 0.3 is 12.0 Å². The van der Waals surface area contributed by atoms with Crippen LogP contribution in [-0.2, 0) is 4.79 Å². The number of ether oxygens (including phenoxy) is 1. The predicted molar refractivity (Wildman–Crippen MR) is 70.1 cm³/mol. The average Bonchev–Trinajstić information content (AvgIpc) is 2.37. The smallest absolute Gasteiger partial charge is 0.317 e. The van der Waals surface area contributed by atoms with Gasteiger partial charge in [0.15, 0.2) is 6.73 Å². The van der Waals surface area contributed by atoms with Crippen LogP contribution < -0.4 is 15.4 Å². The van der Waals surface area contributed by atoms with E-state index in [2.05, 4.69) is 10.6 Å². The van der Waals surface area contributed by atoms with Gasteiger partial charge in [-0.15, -0.1) is 0 Å². The molecule has 1 rings (SSSR count). The molecule has 0 unspecified atom stereocenters. The molecule has 2 amide bonds. The molecule has 0 saturated heterocycles. The minimum absolute atomic E-state index is 0.0418. The van der Waals surface area contributed by atoms with E-state index in [4.69, 9.17) is 9.84 Å². The van der Waals surface area contributed by atoms with Crippen LogP contribution >= 0.6 is 0 Å². The zero-order chi connectivity index (χ0) is 14.1. The van der Waals surface area contributed by atoms with Gasteiger partial charge in [-0.2, -0.15) is 0 Å². The molecule has 0 radical (unpaired) electrons. The summed E-state index contributed by atoms with van der Waals surface area (Å²) >= 11 is 0. The average molecular weight is 266 g/mol. The van der Waals surface area contributed by atoms with E-state index in [1.165, 1.54) is 0 Å². The van der Waals surface area contributed by atoms with Crippen molar-refractivity contribution >= 4 is 12.0 Å². The number of carbonyl (C=O) groups is 2. The normalized spacial score (nSPS) is 9.74. The van der Waals surface area contributed by atoms with Crippen LogP contribution in [0, 0.1) is 6.92 Å². The molecule has 104 valence electrons. The zero-order valence-electron chi connectivity index (χ0n) is 10.8. The third kappa shape index (κ3) is 6.92. The first-order valence-electron chi connectivity index (χ1n) is 6.01. The number of nitrogens with one attached hydrogen (secondary N) is 2. The molecule has 0 atom stereocenters. The van der Waals surface area contributed by atoms with Gasteiger partial charge < -0.3 is 20.5 Å². The van der Waals surface area contributed by atoms with Crippen molar-refractivity contribution in [2.24, 2.45) is 0 Å². The van der Waals surface area contributed by atoms with Crippen molar-refractivity contribution < 1.29 is 19.4 Å². The minimum Gasteiger partial charge on any atom is -0.481 e. The third-order valence-corrected chi connectivity index (χ3v) is 2.35. The number of carbonyl (C=O) groups excluding carboxylic acids is 1. The van der Waals surface area contributed by atoms with Crippen molar-refractivity contribution in [3.63, 3.8) is 0 Å². The number of aryl methyl sites for hydroxylation is 1. The second kappa shape index (κ2) is 7.97. The van der Waals surface area contributed by atoms with E-state index < -0.39 is 5.97 Å². The summed E-state index contributed by atoms with van der Waals surface area (Å²) in [6.07, 6.45) is 0.446. The number of benzene rings is 1. The largest absolute Gasteiger partial charge is 0.481 e. The van der Waals surface area contributed by atoms with Crippen LogP contribution in [0.15, 0.2) is 24.3 Å². The van der Waals surface area contributed by atoms with Gasteiger partial charge in [0.05, 0.1) is 0 Å². The van der Waals surface area contributed by atoms with Gasteiger partial charge in [-0.25, -0.2) is 4.79 Å². The fourth-order valence-corrected chi connectivity index (χ4v) is 1.32. The highest BCUT2D eigenvalue weighted by Crippen LogP contribution is 2.10. The van der Waals surface area contributed by atoms with E-state index >= 15 is 0 Å². The Balaban J connectivity index is 2.10. The van der Waals surface area contributed by atoms with E-state index in [9.17, 15) is 9.59 Å². The fraction of sp³-hybridized carbons (Fsp3) is 0.385. The van der Waals surface area contributed by atoms with Crippen LogP contribution in [0.3, 0.4) is 0 Å². The zero-order valence-corrected chi connectivity index (χ0v) is 10.8. The van der Waals surface area contributed by atoms with Gasteiger partial charge in [0.2, 0.25) is 0 Å². The number of hydrogen-bond donors (Lipinski definition) is 3. The second-order valence-corrected chi connectivity index (χ2v) is 4.03. The maximum absolute atomic E-state index is 11.3. The summed E-state index contributed by atoms with van der Waals surface area (Å²) in [6.45, 7) is 2.36. The van der Waals surface area contributed by atoms with E-state index in [0.29, 0.717) is 18.7 Å². The SMILES string of the molecule is Cc1ccc(OCNC(=O)NCCCC(=O)O)cc1. The van der Waals surface area contributed by atoms with E-state index in [-0.39, 0.29) is 19.2 Å². The van der Waals surface area contributed by atoms with Crippen molar-refractivity contribution in [3.05, 3.63) is 29.8 Å². The van der Waals surface area contributed by atoms with Crippen molar-refractivity contribution in [3.8, 4) is 5.75 Å². The first kappa shape index (κ1) is 14.8. The monoisotopic (exact) mass is 266 g/mol. The van der Waals surface area contributed by atoms with Gasteiger partial charge in [0, 0.05) is 13.0 Å². The molecule has 3 N–H and O–H groups in total. The van der Waals surface area contributed by atoms with Crippen LogP contribution in [0.5, 0.6) is 5.75 Å². The highest BCUT2D eigenvalue weighted by atomic mass is 16.5. The molecule has 0 aliphatic heterocycles. The van der Waals surface area contributed by atoms with Crippen LogP contribution in [-0.4, -0.2) is 30.4 Å². The summed E-state index contributed by atoms with van der Waals surface area (Å²) in [5.41, 5.74) is 1.14. The van der Waals surface area contributed by atoms with Gasteiger partial charge in [-0.05, 0) is 25.5 Å². The maximum atomic E-state index is 11.3. The minimum atomic E-state index is -0.870. The van der Waals surface area contributed by atoms with Crippen molar-refractivity contribution in [1.29, 1.82) is 0 Å². The number of rotatable bonds is 7. The highest BCUT2D eigenvalue weighted by Gasteiger charge is 2.01. The summed E-state index contributed by atoms with van der Waals surface area (Å²) in [5, 5.41) is 13.5. The van der Waals surface area contributed by atoms with Gasteiger partial charge in [0.1, 0.15) is 5.75 Å². The molecular weight excluding hydrogens is 248 g/mol. The van der Waals surface area contributed by atoms with E-state index in [1.807, 2.05) is 31.2 Å². The Labute approximate surface area is 111 Å². The standard InChI is InChI=1S/C13H18N2O4/c1-10-4-6-11(7-5-10)19-9-15-13(18)14-8-2-3-12(16)17/h4-7H,2-3,8-9H2,1H3,(H,16,17)(H2,14,15,18). The maximum Gasteiger partial charge on any atom is 0.317 e. The first-order valence-corrected chi connectivity index (χ1v) is 6.01. The number of hydrogen-bond acceptors (Lipinski definition) is 3. The summed E-state index contributed by atoms with van der Waals surface area (Å²) in [7, 11) is 0. The Morgan fingerprint density at radius 2 is 1.89 bits per heavy atom. The molecule has 0 spiro atoms. The van der Waals surface area contributed by atoms with E-state index in [0.717, 1.165) is 5.56 Å². The Morgan fingerprint density at radius 1 is 1.21 bits per heavy atom. The lowest BCUT2D eigenvalue weighted by atomic mass is 10.2. The van der Waals surface area contributed by atoms with Crippen LogP contribution in [0.2, 0.25) is 0 Å². The lowest BCUT2D eigenvalue weighted by Gasteiger charge is -2.09. The van der Waals surface area contributed by atoms with Gasteiger partial charge in [-0.3, -0.25) is 4.79 Å². The fourth-order valence-electron chi connectivity index (χ4n) is 1.32. The molecule has 0 saturated carbocycles. The molecule has 1 aromatic rings. The van der Waals surface area contributed by atoms with Gasteiger partial charge in [-0.1, -0.05) is 17.7 Å². The quantitative estimate of drug-likeness (QED) is 0.515. The molecule has 0 aromatic heterocycles. The Bertz CT molecular complexity index is 417. The summed E-state index contributed by atoms with van der Waals surface area (Å²) in [4.78, 5) is 21.5. The molecule has 0 heterocycles. The van der Waals surface area contributed by atoms with Crippen LogP contribution in [0.1, 0.15) is 18.4 Å². The lowest BCUT2D eigenvalue weighted by Crippen LogP contribution is -2.38. The molecule has 0 bridgehead atoms. The van der Waals surface area contributed by atoms with Crippen LogP contribution in [0.4, 0.5) is 4.79 Å². The molecule has 0 fully saturated rings. The third-order valence-electron chi connectivity index (χ3n) is 2.35. The van der Waals surface area contributed by atoms with Gasteiger partial charge in [0.25, 0.3) is 0 Å². The Morgan fingerprint density at radius 3 is 2.53 bits per heavy atom. The first-order chi connectivity index (χ1) is 9.08. The highest BCUT2D eigenvalue weighted by molar-refractivity contribution is 5.73. The molecule has 6 heteroatoms. The molecular formula is C13H18N2O4. The van der Waals surface area contributed by atoms with E-state index in [1.54, 1.807) is 0 Å². The van der Waals surface area contributed by atoms with Crippen LogP contribution in [0.25, 0.3) is 0 Å². The summed E-state index contributed by atoms with van der Waals surface area (Å²) < 4.78 is 5.31. The second-order valence-electron chi connectivity index (χ2n) is 4.03. The molecule has 1 aromatic carbocycles. The van der Waals surface area contributed by atoms with Crippen molar-refractivity contribution in [2.75, 3.05) is 13.3 Å². The number of carboxylic acids is 1. The predicted octanol–water partition coefficient (Wildman–Crippen LogP) is 1.50. The Hall–Kier alpha value is -2.24. The van der Waals surface area contributed by atoms with Crippen molar-refractivity contribution in [1.82, 2.24) is 10.6 Å². The topological polar surface area (TPSA) is 87.7 Å². The number of amides is 2. The number of carboxylic acid groups (broad SMARTS) is 1. The molecule has 0 aliphatic carbocycles. The number of aliphatic carboxylic acids is 1.